The molecule has 25 heavy (non-hydrogen) atoms. The molecule has 0 unspecified atom stereocenters. The van der Waals surface area contributed by atoms with Crippen molar-refractivity contribution in [2.24, 2.45) is 0 Å². The van der Waals surface area contributed by atoms with E-state index in [-0.39, 0.29) is 11.3 Å². The van der Waals surface area contributed by atoms with Gasteiger partial charge in [-0.25, -0.2) is 8.78 Å². The Kier molecular flexibility index (Phi) is 5.35. The number of nitrogens with one attached hydrogen (secondary N) is 2. The van der Waals surface area contributed by atoms with Crippen LogP contribution in [0.3, 0.4) is 0 Å². The molecule has 0 heterocycles. The monoisotopic (exact) mass is 358 g/mol. The fraction of sp³-hybridized carbons (Fsp3) is 0.125. The molecule has 0 saturated heterocycles. The fourth-order valence-electron chi connectivity index (χ4n) is 1.93. The van der Waals surface area contributed by atoms with E-state index in [4.69, 9.17) is 0 Å². The van der Waals surface area contributed by atoms with Gasteiger partial charge in [-0.15, -0.1) is 0 Å². The minimum absolute atomic E-state index is 0.143. The maximum atomic E-state index is 13.6. The van der Waals surface area contributed by atoms with Crippen molar-refractivity contribution >= 4 is 17.5 Å². The number of alkyl halides is 3. The predicted molar refractivity (Wildman–Crippen MR) is 79.1 cm³/mol. The molecule has 0 spiro atoms. The van der Waals surface area contributed by atoms with Crippen LogP contribution in [0.4, 0.5) is 27.6 Å². The molecule has 2 rings (SSSR count). The Labute approximate surface area is 138 Å². The molecule has 132 valence electrons. The zero-order chi connectivity index (χ0) is 18.6. The summed E-state index contributed by atoms with van der Waals surface area (Å²) >= 11 is 0. The van der Waals surface area contributed by atoms with Gasteiger partial charge < -0.3 is 10.6 Å². The highest BCUT2D eigenvalue weighted by atomic mass is 19.4. The topological polar surface area (TPSA) is 58.2 Å². The maximum Gasteiger partial charge on any atom is 0.405 e. The van der Waals surface area contributed by atoms with Gasteiger partial charge in [-0.05, 0) is 30.3 Å². The highest BCUT2D eigenvalue weighted by molar-refractivity contribution is 6.09. The van der Waals surface area contributed by atoms with Crippen LogP contribution in [0.2, 0.25) is 0 Å². The smallest absolute Gasteiger partial charge is 0.343 e. The first kappa shape index (κ1) is 18.4. The Morgan fingerprint density at radius 1 is 0.920 bits per heavy atom. The van der Waals surface area contributed by atoms with E-state index in [1.165, 1.54) is 24.3 Å². The maximum absolute atomic E-state index is 13.6. The number of benzene rings is 2. The average Bonchev–Trinajstić information content (AvgIpc) is 2.54. The molecule has 0 aliphatic rings. The van der Waals surface area contributed by atoms with Crippen LogP contribution in [0.1, 0.15) is 20.7 Å². The normalized spacial score (nSPS) is 11.1. The van der Waals surface area contributed by atoms with Crippen LogP contribution in [-0.2, 0) is 0 Å². The second-order valence-electron chi connectivity index (χ2n) is 4.92. The number of hydrogen-bond acceptors (Lipinski definition) is 2. The largest absolute Gasteiger partial charge is 0.405 e. The number of anilines is 1. The summed E-state index contributed by atoms with van der Waals surface area (Å²) in [5.41, 5.74) is -1.00. The van der Waals surface area contributed by atoms with Crippen LogP contribution in [0.25, 0.3) is 0 Å². The summed E-state index contributed by atoms with van der Waals surface area (Å²) in [6.45, 7) is -1.55. The number of carbonyl (C=O) groups excluding carboxylic acids is 2. The molecule has 0 radical (unpaired) electrons. The Bertz CT molecular complexity index is 805. The molecule has 2 amide bonds. The summed E-state index contributed by atoms with van der Waals surface area (Å²) in [6.07, 6.45) is -4.60. The number of carbonyl (C=O) groups is 2. The van der Waals surface area contributed by atoms with Crippen LogP contribution in [0, 0.1) is 11.6 Å². The Morgan fingerprint density at radius 3 is 2.28 bits per heavy atom. The summed E-state index contributed by atoms with van der Waals surface area (Å²) in [5, 5.41) is 3.85. The fourth-order valence-corrected chi connectivity index (χ4v) is 1.93. The Morgan fingerprint density at radius 2 is 1.60 bits per heavy atom. The molecule has 0 atom stereocenters. The molecule has 2 aromatic carbocycles. The Hall–Kier alpha value is -2.97. The van der Waals surface area contributed by atoms with Crippen molar-refractivity contribution in [1.82, 2.24) is 5.32 Å². The molecular weight excluding hydrogens is 347 g/mol. The van der Waals surface area contributed by atoms with Gasteiger partial charge in [0.2, 0.25) is 0 Å². The third kappa shape index (κ3) is 5.00. The van der Waals surface area contributed by atoms with Crippen LogP contribution in [0.15, 0.2) is 42.5 Å². The average molecular weight is 358 g/mol. The van der Waals surface area contributed by atoms with Gasteiger partial charge >= 0.3 is 6.18 Å². The van der Waals surface area contributed by atoms with Crippen LogP contribution in [0.5, 0.6) is 0 Å². The van der Waals surface area contributed by atoms with Crippen molar-refractivity contribution in [1.29, 1.82) is 0 Å². The first-order valence-electron chi connectivity index (χ1n) is 6.88. The van der Waals surface area contributed by atoms with Crippen LogP contribution in [-0.4, -0.2) is 24.5 Å². The zero-order valence-electron chi connectivity index (χ0n) is 12.5. The van der Waals surface area contributed by atoms with E-state index in [2.05, 4.69) is 5.32 Å². The molecule has 0 aliphatic carbocycles. The van der Waals surface area contributed by atoms with E-state index in [0.29, 0.717) is 6.07 Å². The van der Waals surface area contributed by atoms with Gasteiger partial charge in [0.15, 0.2) is 0 Å². The van der Waals surface area contributed by atoms with Gasteiger partial charge in [0.25, 0.3) is 11.8 Å². The molecule has 4 nitrogen and oxygen atoms in total. The third-order valence-electron chi connectivity index (χ3n) is 3.04. The molecule has 0 saturated carbocycles. The lowest BCUT2D eigenvalue weighted by molar-refractivity contribution is -0.123. The second kappa shape index (κ2) is 7.29. The number of para-hydroxylation sites is 1. The lowest BCUT2D eigenvalue weighted by atomic mass is 10.1. The minimum atomic E-state index is -4.60. The molecular formula is C16H11F5N2O2. The first-order valence-corrected chi connectivity index (χ1v) is 6.88. The zero-order valence-corrected chi connectivity index (χ0v) is 12.5. The van der Waals surface area contributed by atoms with E-state index < -0.39 is 41.7 Å². The van der Waals surface area contributed by atoms with Crippen LogP contribution >= 0.6 is 0 Å². The van der Waals surface area contributed by atoms with Crippen molar-refractivity contribution in [2.45, 2.75) is 6.18 Å². The highest BCUT2D eigenvalue weighted by Crippen LogP contribution is 2.19. The molecule has 0 fully saturated rings. The first-order chi connectivity index (χ1) is 11.7. The van der Waals surface area contributed by atoms with Crippen molar-refractivity contribution in [3.63, 3.8) is 0 Å². The van der Waals surface area contributed by atoms with Gasteiger partial charge in [0.1, 0.15) is 18.2 Å². The summed E-state index contributed by atoms with van der Waals surface area (Å²) in [6, 6.07) is 7.47. The molecule has 0 bridgehead atoms. The quantitative estimate of drug-likeness (QED) is 0.822. The van der Waals surface area contributed by atoms with Crippen molar-refractivity contribution in [3.05, 3.63) is 65.2 Å². The highest BCUT2D eigenvalue weighted by Gasteiger charge is 2.28. The third-order valence-corrected chi connectivity index (χ3v) is 3.04. The van der Waals surface area contributed by atoms with E-state index in [1.807, 2.05) is 0 Å². The van der Waals surface area contributed by atoms with Gasteiger partial charge in [-0.3, -0.25) is 9.59 Å². The predicted octanol–water partition coefficient (Wildman–Crippen LogP) is 3.51. The van der Waals surface area contributed by atoms with Gasteiger partial charge in [0, 0.05) is 0 Å². The van der Waals surface area contributed by atoms with E-state index in [1.54, 1.807) is 5.32 Å². The molecule has 0 aliphatic heterocycles. The van der Waals surface area contributed by atoms with Gasteiger partial charge in [-0.2, -0.15) is 13.2 Å². The Balaban J connectivity index is 2.21. The van der Waals surface area contributed by atoms with Crippen molar-refractivity contribution in [3.8, 4) is 0 Å². The van der Waals surface area contributed by atoms with Crippen molar-refractivity contribution < 1.29 is 31.5 Å². The van der Waals surface area contributed by atoms with Crippen LogP contribution < -0.4 is 10.6 Å². The van der Waals surface area contributed by atoms with E-state index in [0.717, 1.165) is 12.1 Å². The SMILES string of the molecule is O=C(Nc1ccccc1C(=O)NCC(F)(F)F)c1cc(F)ccc1F. The lowest BCUT2D eigenvalue weighted by Gasteiger charge is -2.13. The standard InChI is InChI=1S/C16H11F5N2O2/c17-9-5-6-12(18)11(7-9)15(25)23-13-4-2-1-3-10(13)14(24)22-8-16(19,20)21/h1-7H,8H2,(H,22,24)(H,23,25). The molecule has 2 N–H and O–H groups in total. The second-order valence-corrected chi connectivity index (χ2v) is 4.92. The lowest BCUT2D eigenvalue weighted by Crippen LogP contribution is -2.34. The molecule has 2 aromatic rings. The minimum Gasteiger partial charge on any atom is -0.343 e. The summed E-state index contributed by atoms with van der Waals surface area (Å²) < 4.78 is 63.3. The number of rotatable bonds is 4. The number of halogens is 5. The molecule has 0 aromatic heterocycles. The summed E-state index contributed by atoms with van der Waals surface area (Å²) in [4.78, 5) is 23.9. The van der Waals surface area contributed by atoms with Gasteiger partial charge in [-0.1, -0.05) is 12.1 Å². The van der Waals surface area contributed by atoms with Crippen molar-refractivity contribution in [2.75, 3.05) is 11.9 Å². The number of amides is 2. The van der Waals surface area contributed by atoms with E-state index >= 15 is 0 Å². The number of hydrogen-bond donors (Lipinski definition) is 2. The van der Waals surface area contributed by atoms with Gasteiger partial charge in [0.05, 0.1) is 16.8 Å². The van der Waals surface area contributed by atoms with E-state index in [9.17, 15) is 31.5 Å². The molecule has 9 heteroatoms. The summed E-state index contributed by atoms with van der Waals surface area (Å²) in [7, 11) is 0. The summed E-state index contributed by atoms with van der Waals surface area (Å²) in [5.74, 6) is -3.96.